The van der Waals surface area contributed by atoms with Gasteiger partial charge in [-0.3, -0.25) is 0 Å². The number of nitriles is 1. The predicted octanol–water partition coefficient (Wildman–Crippen LogP) is 2.85. The second kappa shape index (κ2) is 4.35. The molecule has 1 aromatic rings. The normalized spacial score (nSPS) is 11.0. The number of hydrogen-bond acceptors (Lipinski definition) is 3. The molecule has 0 N–H and O–H groups in total. The molecular formula is C7H2BrClINO2S. The van der Waals surface area contributed by atoms with Crippen LogP contribution in [0.1, 0.15) is 5.56 Å². The van der Waals surface area contributed by atoms with Crippen LogP contribution in [-0.4, -0.2) is 8.42 Å². The number of benzene rings is 1. The van der Waals surface area contributed by atoms with E-state index in [1.54, 1.807) is 0 Å². The van der Waals surface area contributed by atoms with Crippen LogP contribution >= 0.6 is 49.2 Å². The van der Waals surface area contributed by atoms with Crippen molar-refractivity contribution in [1.29, 1.82) is 5.26 Å². The maximum Gasteiger partial charge on any atom is 0.263 e. The van der Waals surface area contributed by atoms with E-state index in [2.05, 4.69) is 15.9 Å². The highest BCUT2D eigenvalue weighted by Crippen LogP contribution is 2.30. The molecule has 1 aromatic carbocycles. The lowest BCUT2D eigenvalue weighted by Gasteiger charge is -2.03. The third kappa shape index (κ3) is 2.59. The predicted molar refractivity (Wildman–Crippen MR) is 64.6 cm³/mol. The fourth-order valence-electron chi connectivity index (χ4n) is 0.857. The van der Waals surface area contributed by atoms with E-state index < -0.39 is 9.05 Å². The first kappa shape index (κ1) is 12.2. The van der Waals surface area contributed by atoms with Crippen molar-refractivity contribution in [3.05, 3.63) is 25.7 Å². The van der Waals surface area contributed by atoms with Gasteiger partial charge >= 0.3 is 0 Å². The van der Waals surface area contributed by atoms with Gasteiger partial charge in [-0.05, 0) is 50.7 Å². The second-order valence-corrected chi connectivity index (χ2v) is 6.84. The summed E-state index contributed by atoms with van der Waals surface area (Å²) in [6.45, 7) is 0. The average Bonchev–Trinajstić information content (AvgIpc) is 1.99. The lowest BCUT2D eigenvalue weighted by molar-refractivity contribution is 0.608. The molecule has 0 aliphatic rings. The van der Waals surface area contributed by atoms with E-state index in [1.807, 2.05) is 28.7 Å². The summed E-state index contributed by atoms with van der Waals surface area (Å²) in [4.78, 5) is -0.00114. The maximum absolute atomic E-state index is 11.1. The maximum atomic E-state index is 11.1. The van der Waals surface area contributed by atoms with Crippen LogP contribution in [0.15, 0.2) is 21.5 Å². The zero-order valence-corrected chi connectivity index (χ0v) is 11.8. The minimum absolute atomic E-state index is 0.00114. The Morgan fingerprint density at radius 1 is 1.50 bits per heavy atom. The van der Waals surface area contributed by atoms with Crippen molar-refractivity contribution in [3.63, 3.8) is 0 Å². The summed E-state index contributed by atoms with van der Waals surface area (Å²) in [5.41, 5.74) is 0.380. The summed E-state index contributed by atoms with van der Waals surface area (Å²) in [5, 5.41) is 8.62. The van der Waals surface area contributed by atoms with Crippen LogP contribution < -0.4 is 0 Å². The van der Waals surface area contributed by atoms with Gasteiger partial charge in [-0.25, -0.2) is 8.42 Å². The van der Waals surface area contributed by atoms with E-state index in [1.165, 1.54) is 12.1 Å². The first-order chi connectivity index (χ1) is 6.36. The van der Waals surface area contributed by atoms with Gasteiger partial charge in [0.1, 0.15) is 4.90 Å². The molecular weight excluding hydrogens is 404 g/mol. The van der Waals surface area contributed by atoms with E-state index in [9.17, 15) is 8.42 Å². The van der Waals surface area contributed by atoms with Gasteiger partial charge in [0.05, 0.1) is 11.6 Å². The molecule has 14 heavy (non-hydrogen) atoms. The first-order valence-corrected chi connectivity index (χ1v) is 7.38. The van der Waals surface area contributed by atoms with Crippen molar-refractivity contribution >= 4 is 58.3 Å². The molecule has 0 saturated heterocycles. The SMILES string of the molecule is N#Cc1cc(Br)c(S(=O)(=O)Cl)c(I)c1. The molecule has 0 bridgehead atoms. The van der Waals surface area contributed by atoms with Gasteiger partial charge in [0.15, 0.2) is 0 Å². The largest absolute Gasteiger partial charge is 0.263 e. The summed E-state index contributed by atoms with van der Waals surface area (Å²) in [7, 11) is 1.44. The molecule has 0 unspecified atom stereocenters. The summed E-state index contributed by atoms with van der Waals surface area (Å²) >= 11 is 4.87. The molecule has 74 valence electrons. The van der Waals surface area contributed by atoms with Crippen LogP contribution in [0.2, 0.25) is 0 Å². The van der Waals surface area contributed by atoms with Crippen LogP contribution in [0.25, 0.3) is 0 Å². The number of rotatable bonds is 1. The Morgan fingerprint density at radius 2 is 2.07 bits per heavy atom. The van der Waals surface area contributed by atoms with Gasteiger partial charge in [-0.2, -0.15) is 5.26 Å². The fourth-order valence-corrected chi connectivity index (χ4v) is 5.58. The zero-order valence-electron chi connectivity index (χ0n) is 6.46. The molecule has 1 rings (SSSR count). The molecule has 0 spiro atoms. The van der Waals surface area contributed by atoms with E-state index in [4.69, 9.17) is 15.9 Å². The summed E-state index contributed by atoms with van der Waals surface area (Å²) < 4.78 is 23.0. The number of nitrogens with zero attached hydrogens (tertiary/aromatic N) is 1. The van der Waals surface area contributed by atoms with Crippen molar-refractivity contribution in [3.8, 4) is 6.07 Å². The fraction of sp³-hybridized carbons (Fsp3) is 0. The Hall–Kier alpha value is 0.160. The Balaban J connectivity index is 3.59. The second-order valence-electron chi connectivity index (χ2n) is 2.32. The molecule has 0 aliphatic carbocycles. The van der Waals surface area contributed by atoms with Crippen LogP contribution in [0.4, 0.5) is 0 Å². The lowest BCUT2D eigenvalue weighted by Crippen LogP contribution is -1.97. The quantitative estimate of drug-likeness (QED) is 0.532. The Kier molecular flexibility index (Phi) is 3.80. The molecule has 0 fully saturated rings. The van der Waals surface area contributed by atoms with Crippen molar-refractivity contribution in [2.45, 2.75) is 4.90 Å². The number of hydrogen-bond donors (Lipinski definition) is 0. The summed E-state index contributed by atoms with van der Waals surface area (Å²) in [6, 6.07) is 4.79. The highest BCUT2D eigenvalue weighted by atomic mass is 127. The van der Waals surface area contributed by atoms with Crippen molar-refractivity contribution in [1.82, 2.24) is 0 Å². The molecule has 0 saturated carbocycles. The lowest BCUT2D eigenvalue weighted by atomic mass is 10.2. The molecule has 7 heteroatoms. The highest BCUT2D eigenvalue weighted by molar-refractivity contribution is 14.1. The standard InChI is InChI=1S/C7H2BrClINO2S/c8-5-1-4(3-11)2-6(10)7(5)14(9,12)13/h1-2H. The van der Waals surface area contributed by atoms with E-state index in [0.717, 1.165) is 0 Å². The molecule has 3 nitrogen and oxygen atoms in total. The monoisotopic (exact) mass is 405 g/mol. The van der Waals surface area contributed by atoms with Gasteiger partial charge in [0.25, 0.3) is 9.05 Å². The van der Waals surface area contributed by atoms with E-state index in [-0.39, 0.29) is 4.90 Å². The minimum atomic E-state index is -3.78. The first-order valence-electron chi connectivity index (χ1n) is 3.20. The van der Waals surface area contributed by atoms with Gasteiger partial charge in [0, 0.05) is 18.7 Å². The van der Waals surface area contributed by atoms with Gasteiger partial charge in [0.2, 0.25) is 0 Å². The molecule has 0 aliphatic heterocycles. The van der Waals surface area contributed by atoms with Crippen molar-refractivity contribution in [2.24, 2.45) is 0 Å². The van der Waals surface area contributed by atoms with E-state index in [0.29, 0.717) is 13.6 Å². The van der Waals surface area contributed by atoms with Gasteiger partial charge in [-0.1, -0.05) is 0 Å². The van der Waals surface area contributed by atoms with Crippen LogP contribution in [0, 0.1) is 14.9 Å². The highest BCUT2D eigenvalue weighted by Gasteiger charge is 2.19. The Labute approximate surface area is 108 Å². The average molecular weight is 406 g/mol. The minimum Gasteiger partial charge on any atom is -0.207 e. The molecule has 0 heterocycles. The van der Waals surface area contributed by atoms with Crippen LogP contribution in [-0.2, 0) is 9.05 Å². The van der Waals surface area contributed by atoms with Crippen molar-refractivity contribution in [2.75, 3.05) is 0 Å². The Bertz CT molecular complexity index is 500. The molecule has 0 radical (unpaired) electrons. The zero-order chi connectivity index (χ0) is 10.9. The van der Waals surface area contributed by atoms with Crippen LogP contribution in [0.5, 0.6) is 0 Å². The van der Waals surface area contributed by atoms with Crippen LogP contribution in [0.3, 0.4) is 0 Å². The van der Waals surface area contributed by atoms with Gasteiger partial charge < -0.3 is 0 Å². The third-order valence-electron chi connectivity index (χ3n) is 1.37. The third-order valence-corrected chi connectivity index (χ3v) is 4.87. The smallest absolute Gasteiger partial charge is 0.207 e. The van der Waals surface area contributed by atoms with Crippen molar-refractivity contribution < 1.29 is 8.42 Å². The van der Waals surface area contributed by atoms with Gasteiger partial charge in [-0.15, -0.1) is 0 Å². The molecule has 0 aromatic heterocycles. The Morgan fingerprint density at radius 3 is 2.43 bits per heavy atom. The number of halogens is 3. The summed E-state index contributed by atoms with van der Waals surface area (Å²) in [6.07, 6.45) is 0. The summed E-state index contributed by atoms with van der Waals surface area (Å²) in [5.74, 6) is 0. The van der Waals surface area contributed by atoms with E-state index >= 15 is 0 Å². The molecule has 0 amide bonds. The molecule has 0 atom stereocenters. The topological polar surface area (TPSA) is 57.9 Å².